The van der Waals surface area contributed by atoms with Crippen LogP contribution in [0.4, 0.5) is 5.69 Å². The Kier molecular flexibility index (Phi) is 4.49. The standard InChI is InChI=1S/C11H14N2O5S/c1-7(14)12-10-6-9(18-3)4-5-11(10)19(16,17)13-8(2)15/h4-6H,1-3H3,(H,12,14)(H,13,15). The molecule has 1 rings (SSSR count). The lowest BCUT2D eigenvalue weighted by Gasteiger charge is -2.12. The highest BCUT2D eigenvalue weighted by Gasteiger charge is 2.21. The van der Waals surface area contributed by atoms with Crippen molar-refractivity contribution < 1.29 is 22.7 Å². The third-order valence-corrected chi connectivity index (χ3v) is 3.56. The Labute approximate surface area is 111 Å². The fourth-order valence-electron chi connectivity index (χ4n) is 1.40. The summed E-state index contributed by atoms with van der Waals surface area (Å²) in [5.41, 5.74) is 0.0422. The lowest BCUT2D eigenvalue weighted by atomic mass is 10.3. The van der Waals surface area contributed by atoms with Gasteiger partial charge in [-0.2, -0.15) is 0 Å². The molecule has 104 valence electrons. The number of nitrogens with one attached hydrogen (secondary N) is 2. The highest BCUT2D eigenvalue weighted by atomic mass is 32.2. The largest absolute Gasteiger partial charge is 0.497 e. The summed E-state index contributed by atoms with van der Waals surface area (Å²) in [5.74, 6) is -0.775. The third kappa shape index (κ3) is 3.95. The van der Waals surface area contributed by atoms with Crippen molar-refractivity contribution in [3.05, 3.63) is 18.2 Å². The van der Waals surface area contributed by atoms with Crippen LogP contribution in [0.25, 0.3) is 0 Å². The Morgan fingerprint density at radius 2 is 1.79 bits per heavy atom. The van der Waals surface area contributed by atoms with E-state index in [0.717, 1.165) is 6.92 Å². The summed E-state index contributed by atoms with van der Waals surface area (Å²) in [7, 11) is -2.62. The first-order chi connectivity index (χ1) is 8.76. The van der Waals surface area contributed by atoms with Crippen molar-refractivity contribution in [2.45, 2.75) is 18.7 Å². The van der Waals surface area contributed by atoms with Crippen LogP contribution < -0.4 is 14.8 Å². The van der Waals surface area contributed by atoms with Crippen molar-refractivity contribution in [2.75, 3.05) is 12.4 Å². The molecule has 1 aromatic rings. The van der Waals surface area contributed by atoms with Crippen LogP contribution in [0.15, 0.2) is 23.1 Å². The molecular formula is C11H14N2O5S. The summed E-state index contributed by atoms with van der Waals surface area (Å²) < 4.78 is 30.6. The van der Waals surface area contributed by atoms with E-state index in [1.165, 1.54) is 32.2 Å². The number of carbonyl (C=O) groups is 2. The minimum Gasteiger partial charge on any atom is -0.497 e. The summed E-state index contributed by atoms with van der Waals surface area (Å²) in [4.78, 5) is 21.8. The first-order valence-electron chi connectivity index (χ1n) is 5.25. The zero-order valence-electron chi connectivity index (χ0n) is 10.7. The van der Waals surface area contributed by atoms with Crippen molar-refractivity contribution in [3.63, 3.8) is 0 Å². The SMILES string of the molecule is COc1ccc(S(=O)(=O)NC(C)=O)c(NC(C)=O)c1. The molecule has 2 amide bonds. The number of carbonyl (C=O) groups excluding carboxylic acids is 2. The molecule has 2 N–H and O–H groups in total. The molecule has 7 nitrogen and oxygen atoms in total. The van der Waals surface area contributed by atoms with Crippen LogP contribution in [0, 0.1) is 0 Å². The molecule has 0 aliphatic carbocycles. The van der Waals surface area contributed by atoms with Gasteiger partial charge in [0.15, 0.2) is 0 Å². The number of hydrogen-bond donors (Lipinski definition) is 2. The lowest BCUT2D eigenvalue weighted by molar-refractivity contribution is -0.117. The number of methoxy groups -OCH3 is 1. The third-order valence-electron chi connectivity index (χ3n) is 2.07. The predicted octanol–water partition coefficient (Wildman–Crippen LogP) is 0.478. The quantitative estimate of drug-likeness (QED) is 0.838. The van der Waals surface area contributed by atoms with E-state index in [4.69, 9.17) is 4.74 Å². The molecule has 0 spiro atoms. The molecule has 0 saturated heterocycles. The van der Waals surface area contributed by atoms with Crippen molar-refractivity contribution in [1.29, 1.82) is 0 Å². The Morgan fingerprint density at radius 3 is 2.26 bits per heavy atom. The van der Waals surface area contributed by atoms with Gasteiger partial charge in [0.05, 0.1) is 12.8 Å². The fourth-order valence-corrected chi connectivity index (χ4v) is 2.54. The van der Waals surface area contributed by atoms with E-state index < -0.39 is 21.8 Å². The van der Waals surface area contributed by atoms with Gasteiger partial charge in [-0.3, -0.25) is 9.59 Å². The number of sulfonamides is 1. The second-order valence-corrected chi connectivity index (χ2v) is 5.36. The molecule has 1 aromatic carbocycles. The number of rotatable bonds is 4. The number of ether oxygens (including phenoxy) is 1. The maximum absolute atomic E-state index is 11.9. The maximum atomic E-state index is 11.9. The number of anilines is 1. The van der Waals surface area contributed by atoms with Gasteiger partial charge < -0.3 is 10.1 Å². The molecule has 0 bridgehead atoms. The predicted molar refractivity (Wildman–Crippen MR) is 68.3 cm³/mol. The van der Waals surface area contributed by atoms with E-state index in [2.05, 4.69) is 5.32 Å². The Morgan fingerprint density at radius 1 is 1.16 bits per heavy atom. The van der Waals surface area contributed by atoms with Crippen molar-refractivity contribution in [1.82, 2.24) is 4.72 Å². The molecule has 0 radical (unpaired) electrons. The normalized spacial score (nSPS) is 10.7. The molecule has 0 atom stereocenters. The molecule has 0 saturated carbocycles. The molecule has 0 aliphatic heterocycles. The first-order valence-corrected chi connectivity index (χ1v) is 6.73. The van der Waals surface area contributed by atoms with E-state index in [1.54, 1.807) is 0 Å². The summed E-state index contributed by atoms with van der Waals surface area (Å²) in [6, 6.07) is 4.02. The number of benzene rings is 1. The Bertz CT molecular complexity index is 610. The van der Waals surface area contributed by atoms with E-state index in [1.807, 2.05) is 4.72 Å². The Balaban J connectivity index is 3.33. The average Bonchev–Trinajstić information content (AvgIpc) is 2.25. The van der Waals surface area contributed by atoms with Gasteiger partial charge in [-0.25, -0.2) is 13.1 Å². The highest BCUT2D eigenvalue weighted by molar-refractivity contribution is 7.90. The fraction of sp³-hybridized carbons (Fsp3) is 0.273. The van der Waals surface area contributed by atoms with Crippen LogP contribution in [-0.2, 0) is 19.6 Å². The van der Waals surface area contributed by atoms with Gasteiger partial charge in [0.1, 0.15) is 10.6 Å². The lowest BCUT2D eigenvalue weighted by Crippen LogP contribution is -2.29. The molecule has 0 heterocycles. The summed E-state index contributed by atoms with van der Waals surface area (Å²) >= 11 is 0. The van der Waals surface area contributed by atoms with E-state index in [-0.39, 0.29) is 10.6 Å². The Hall–Kier alpha value is -2.09. The van der Waals surface area contributed by atoms with Crippen LogP contribution in [0.1, 0.15) is 13.8 Å². The first kappa shape index (κ1) is 15.0. The number of hydrogen-bond acceptors (Lipinski definition) is 5. The van der Waals surface area contributed by atoms with Gasteiger partial charge in [0.2, 0.25) is 11.8 Å². The zero-order valence-corrected chi connectivity index (χ0v) is 11.5. The minimum atomic E-state index is -4.03. The zero-order chi connectivity index (χ0) is 14.6. The minimum absolute atomic E-state index is 0.0422. The summed E-state index contributed by atoms with van der Waals surface area (Å²) in [6.07, 6.45) is 0. The van der Waals surface area contributed by atoms with Crippen molar-refractivity contribution in [2.24, 2.45) is 0 Å². The second-order valence-electron chi connectivity index (χ2n) is 3.70. The molecule has 8 heteroatoms. The van der Waals surface area contributed by atoms with E-state index in [0.29, 0.717) is 5.75 Å². The average molecular weight is 286 g/mol. The van der Waals surface area contributed by atoms with Gasteiger partial charge in [0, 0.05) is 19.9 Å². The maximum Gasteiger partial charge on any atom is 0.266 e. The molecule has 0 aromatic heterocycles. The summed E-state index contributed by atoms with van der Waals surface area (Å²) in [5, 5.41) is 2.38. The molecule has 0 aliphatic rings. The van der Waals surface area contributed by atoms with Crippen LogP contribution in [-0.4, -0.2) is 27.3 Å². The van der Waals surface area contributed by atoms with Gasteiger partial charge in [-0.1, -0.05) is 0 Å². The smallest absolute Gasteiger partial charge is 0.266 e. The topological polar surface area (TPSA) is 102 Å². The molecule has 0 fully saturated rings. The van der Waals surface area contributed by atoms with Gasteiger partial charge in [0.25, 0.3) is 10.0 Å². The van der Waals surface area contributed by atoms with Gasteiger partial charge >= 0.3 is 0 Å². The summed E-state index contributed by atoms with van der Waals surface area (Å²) in [6.45, 7) is 2.33. The highest BCUT2D eigenvalue weighted by Crippen LogP contribution is 2.26. The van der Waals surface area contributed by atoms with Crippen molar-refractivity contribution in [3.8, 4) is 5.75 Å². The molecular weight excluding hydrogens is 272 g/mol. The van der Waals surface area contributed by atoms with E-state index >= 15 is 0 Å². The number of amides is 2. The van der Waals surface area contributed by atoms with Crippen LogP contribution in [0.2, 0.25) is 0 Å². The van der Waals surface area contributed by atoms with Gasteiger partial charge in [-0.15, -0.1) is 0 Å². The molecule has 19 heavy (non-hydrogen) atoms. The monoisotopic (exact) mass is 286 g/mol. The van der Waals surface area contributed by atoms with E-state index in [9.17, 15) is 18.0 Å². The van der Waals surface area contributed by atoms with Crippen LogP contribution >= 0.6 is 0 Å². The van der Waals surface area contributed by atoms with Gasteiger partial charge in [-0.05, 0) is 12.1 Å². The van der Waals surface area contributed by atoms with Crippen molar-refractivity contribution >= 4 is 27.5 Å². The second kappa shape index (κ2) is 5.70. The van der Waals surface area contributed by atoms with Crippen LogP contribution in [0.5, 0.6) is 5.75 Å². The molecule has 0 unspecified atom stereocenters. The van der Waals surface area contributed by atoms with Crippen LogP contribution in [0.3, 0.4) is 0 Å².